The van der Waals surface area contributed by atoms with Crippen molar-refractivity contribution in [1.29, 1.82) is 0 Å². The van der Waals surface area contributed by atoms with Crippen LogP contribution in [0.15, 0.2) is 107 Å². The molecule has 38 heavy (non-hydrogen) atoms. The second-order valence-electron chi connectivity index (χ2n) is 9.04. The number of imidazole rings is 1. The molecular weight excluding hydrogens is 542 g/mol. The van der Waals surface area contributed by atoms with Gasteiger partial charge in [0.1, 0.15) is 18.1 Å². The third-order valence-corrected chi connectivity index (χ3v) is 7.24. The summed E-state index contributed by atoms with van der Waals surface area (Å²) in [6.07, 6.45) is 4.10. The molecule has 8 heteroatoms. The number of methoxy groups -OCH3 is 1. The van der Waals surface area contributed by atoms with Crippen LogP contribution in [-0.4, -0.2) is 38.3 Å². The molecule has 0 N–H and O–H groups in total. The summed E-state index contributed by atoms with van der Waals surface area (Å²) in [5.74, 6) is 1.35. The van der Waals surface area contributed by atoms with Gasteiger partial charge in [-0.1, -0.05) is 52.3 Å². The monoisotopic (exact) mass is 565 g/mol. The smallest absolute Gasteiger partial charge is 0.263 e. The number of fused-ring (bicyclic) bond motifs is 1. The maximum absolute atomic E-state index is 14.0. The molecule has 1 amide bonds. The van der Waals surface area contributed by atoms with Gasteiger partial charge in [-0.05, 0) is 59.7 Å². The van der Waals surface area contributed by atoms with Gasteiger partial charge in [0.2, 0.25) is 0 Å². The van der Waals surface area contributed by atoms with Crippen LogP contribution in [0.25, 0.3) is 22.4 Å². The summed E-state index contributed by atoms with van der Waals surface area (Å²) in [6.45, 7) is 0.0918. The number of benzene rings is 3. The zero-order chi connectivity index (χ0) is 26.1. The minimum absolute atomic E-state index is 0.0918. The maximum atomic E-state index is 14.0. The van der Waals surface area contributed by atoms with E-state index in [9.17, 15) is 4.79 Å². The first-order chi connectivity index (χ1) is 18.6. The van der Waals surface area contributed by atoms with Crippen molar-refractivity contribution in [1.82, 2.24) is 19.5 Å². The van der Waals surface area contributed by atoms with Crippen LogP contribution in [0.2, 0.25) is 0 Å². The normalized spacial score (nSPS) is 15.1. The fourth-order valence-electron chi connectivity index (χ4n) is 4.80. The Morgan fingerprint density at radius 1 is 0.974 bits per heavy atom. The first-order valence-corrected chi connectivity index (χ1v) is 13.0. The topological polar surface area (TPSA) is 72.6 Å². The second-order valence-corrected chi connectivity index (χ2v) is 9.95. The van der Waals surface area contributed by atoms with Crippen molar-refractivity contribution >= 4 is 38.6 Å². The first kappa shape index (κ1) is 24.1. The Balaban J connectivity index is 1.39. The number of rotatable bonds is 6. The number of nitrogens with zero attached hydrogens (tertiary/aromatic N) is 5. The molecule has 0 fully saturated rings. The minimum atomic E-state index is -0.233. The number of pyridine rings is 1. The van der Waals surface area contributed by atoms with Crippen molar-refractivity contribution in [3.63, 3.8) is 0 Å². The molecule has 0 spiro atoms. The number of amides is 1. The Morgan fingerprint density at radius 3 is 2.50 bits per heavy atom. The predicted molar refractivity (Wildman–Crippen MR) is 151 cm³/mol. The van der Waals surface area contributed by atoms with E-state index < -0.39 is 0 Å². The molecule has 0 bridgehead atoms. The van der Waals surface area contributed by atoms with Gasteiger partial charge in [0.05, 0.1) is 29.9 Å². The van der Waals surface area contributed by atoms with E-state index >= 15 is 0 Å². The van der Waals surface area contributed by atoms with Gasteiger partial charge in [0, 0.05) is 28.9 Å². The van der Waals surface area contributed by atoms with Gasteiger partial charge >= 0.3 is 0 Å². The van der Waals surface area contributed by atoms with Crippen LogP contribution in [0.4, 0.5) is 0 Å². The predicted octanol–water partition coefficient (Wildman–Crippen LogP) is 6.25. The van der Waals surface area contributed by atoms with Gasteiger partial charge in [-0.3, -0.25) is 9.78 Å². The Hall–Kier alpha value is -4.30. The van der Waals surface area contributed by atoms with Crippen LogP contribution in [0.1, 0.15) is 23.6 Å². The zero-order valence-corrected chi connectivity index (χ0v) is 22.2. The van der Waals surface area contributed by atoms with E-state index in [1.165, 1.54) is 0 Å². The van der Waals surface area contributed by atoms with E-state index in [0.29, 0.717) is 12.2 Å². The van der Waals surface area contributed by atoms with Gasteiger partial charge in [0.25, 0.3) is 5.91 Å². The SMILES string of the molecule is COc1ccc(C2CC(c3ccc(Br)cc3)=NN2C(=O)Cn2c(-c3cccnc3)nc3ccccc32)cc1. The molecule has 0 aliphatic carbocycles. The summed E-state index contributed by atoms with van der Waals surface area (Å²) in [5.41, 5.74) is 5.42. The number of hydrogen-bond donors (Lipinski definition) is 0. The van der Waals surface area contributed by atoms with Gasteiger partial charge in [-0.15, -0.1) is 0 Å². The van der Waals surface area contributed by atoms with Gasteiger partial charge in [0.15, 0.2) is 0 Å². The zero-order valence-electron chi connectivity index (χ0n) is 20.7. The molecule has 7 nitrogen and oxygen atoms in total. The van der Waals surface area contributed by atoms with E-state index in [2.05, 4.69) is 20.9 Å². The van der Waals surface area contributed by atoms with Gasteiger partial charge in [-0.2, -0.15) is 5.10 Å². The highest BCUT2D eigenvalue weighted by Crippen LogP contribution is 2.35. The van der Waals surface area contributed by atoms with Crippen molar-refractivity contribution in [2.24, 2.45) is 5.10 Å². The van der Waals surface area contributed by atoms with Crippen LogP contribution in [0.5, 0.6) is 5.75 Å². The van der Waals surface area contributed by atoms with E-state index in [1.807, 2.05) is 89.5 Å². The van der Waals surface area contributed by atoms with E-state index in [1.54, 1.807) is 24.5 Å². The molecule has 1 aliphatic rings. The average molecular weight is 566 g/mol. The molecule has 3 aromatic carbocycles. The summed E-state index contributed by atoms with van der Waals surface area (Å²) < 4.78 is 8.29. The largest absolute Gasteiger partial charge is 0.497 e. The minimum Gasteiger partial charge on any atom is -0.497 e. The summed E-state index contributed by atoms with van der Waals surface area (Å²) >= 11 is 3.50. The van der Waals surface area contributed by atoms with Gasteiger partial charge in [-0.25, -0.2) is 9.99 Å². The summed E-state index contributed by atoms with van der Waals surface area (Å²) in [4.78, 5) is 23.1. The number of carbonyl (C=O) groups excluding carboxylic acids is 1. The molecule has 1 unspecified atom stereocenters. The molecule has 5 aromatic rings. The summed E-state index contributed by atoms with van der Waals surface area (Å²) in [7, 11) is 1.64. The molecule has 2 aromatic heterocycles. The van der Waals surface area contributed by atoms with E-state index in [-0.39, 0.29) is 18.5 Å². The number of hydrogen-bond acceptors (Lipinski definition) is 5. The van der Waals surface area contributed by atoms with Crippen LogP contribution in [-0.2, 0) is 11.3 Å². The lowest BCUT2D eigenvalue weighted by atomic mass is 9.98. The molecule has 6 rings (SSSR count). The molecule has 0 radical (unpaired) electrons. The number of halogens is 1. The van der Waals surface area contributed by atoms with Crippen LogP contribution >= 0.6 is 15.9 Å². The van der Waals surface area contributed by atoms with Crippen molar-refractivity contribution in [2.45, 2.75) is 19.0 Å². The third kappa shape index (κ3) is 4.59. The number of para-hydroxylation sites is 2. The van der Waals surface area contributed by atoms with Crippen LogP contribution in [0, 0.1) is 0 Å². The number of aromatic nitrogens is 3. The fraction of sp³-hybridized carbons (Fsp3) is 0.133. The highest BCUT2D eigenvalue weighted by atomic mass is 79.9. The maximum Gasteiger partial charge on any atom is 0.263 e. The standard InChI is InChI=1S/C30H24BrN5O2/c1-38-24-14-10-21(11-15-24)28-17-26(20-8-12-23(31)13-9-20)34-36(28)29(37)19-35-27-7-3-2-6-25(27)33-30(35)22-5-4-16-32-18-22/h2-16,18,28H,17,19H2,1H3. The Morgan fingerprint density at radius 2 is 1.76 bits per heavy atom. The molecule has 0 saturated carbocycles. The lowest BCUT2D eigenvalue weighted by molar-refractivity contribution is -0.133. The van der Waals surface area contributed by atoms with Crippen LogP contribution in [0.3, 0.4) is 0 Å². The average Bonchev–Trinajstić information content (AvgIpc) is 3.57. The molecule has 0 saturated heterocycles. The highest BCUT2D eigenvalue weighted by Gasteiger charge is 2.33. The molecular formula is C30H24BrN5O2. The molecule has 1 aliphatic heterocycles. The Labute approximate surface area is 228 Å². The highest BCUT2D eigenvalue weighted by molar-refractivity contribution is 9.10. The third-order valence-electron chi connectivity index (χ3n) is 6.71. The fourth-order valence-corrected chi connectivity index (χ4v) is 5.07. The lowest BCUT2D eigenvalue weighted by Gasteiger charge is -2.23. The molecule has 188 valence electrons. The van der Waals surface area contributed by atoms with Crippen molar-refractivity contribution < 1.29 is 9.53 Å². The quantitative estimate of drug-likeness (QED) is 0.244. The summed E-state index contributed by atoms with van der Waals surface area (Å²) in [6, 6.07) is 27.3. The molecule has 1 atom stereocenters. The number of carbonyl (C=O) groups is 1. The van der Waals surface area contributed by atoms with E-state index in [0.717, 1.165) is 43.7 Å². The number of hydrazone groups is 1. The van der Waals surface area contributed by atoms with Crippen molar-refractivity contribution in [2.75, 3.05) is 7.11 Å². The van der Waals surface area contributed by atoms with Crippen molar-refractivity contribution in [3.05, 3.63) is 113 Å². The number of ether oxygens (including phenoxy) is 1. The molecule has 3 heterocycles. The lowest BCUT2D eigenvalue weighted by Crippen LogP contribution is -2.30. The van der Waals surface area contributed by atoms with Gasteiger partial charge < -0.3 is 9.30 Å². The Bertz CT molecular complexity index is 1630. The van der Waals surface area contributed by atoms with E-state index in [4.69, 9.17) is 14.8 Å². The van der Waals surface area contributed by atoms with Crippen LogP contribution < -0.4 is 4.74 Å². The van der Waals surface area contributed by atoms with Crippen molar-refractivity contribution in [3.8, 4) is 17.1 Å². The Kier molecular flexibility index (Phi) is 6.47. The summed E-state index contributed by atoms with van der Waals surface area (Å²) in [5, 5.41) is 6.49. The first-order valence-electron chi connectivity index (χ1n) is 12.3. The second kappa shape index (κ2) is 10.2.